The number of aromatic nitrogens is 2. The molecule has 4 nitrogen and oxygen atoms in total. The summed E-state index contributed by atoms with van der Waals surface area (Å²) < 4.78 is 2.00. The summed E-state index contributed by atoms with van der Waals surface area (Å²) in [7, 11) is 0. The van der Waals surface area contributed by atoms with Gasteiger partial charge in [0.1, 0.15) is 12.4 Å². The second kappa shape index (κ2) is 6.11. The molecule has 1 N–H and O–H groups in total. The lowest BCUT2D eigenvalue weighted by molar-refractivity contribution is -0.123. The number of para-hydroxylation sites is 2. The van der Waals surface area contributed by atoms with Gasteiger partial charge in [-0.1, -0.05) is 38.8 Å². The van der Waals surface area contributed by atoms with Crippen molar-refractivity contribution >= 4 is 16.9 Å². The summed E-state index contributed by atoms with van der Waals surface area (Å²) in [5.41, 5.74) is 1.98. The van der Waals surface area contributed by atoms with Gasteiger partial charge in [0.05, 0.1) is 11.0 Å². The third-order valence-corrected chi connectivity index (χ3v) is 5.20. The normalized spacial score (nSPS) is 25.3. The van der Waals surface area contributed by atoms with Crippen molar-refractivity contribution in [1.29, 1.82) is 0 Å². The van der Waals surface area contributed by atoms with Crippen LogP contribution < -0.4 is 5.32 Å². The fraction of sp³-hybridized carbons (Fsp3) is 0.556. The van der Waals surface area contributed by atoms with Crippen molar-refractivity contribution in [3.05, 3.63) is 30.1 Å². The van der Waals surface area contributed by atoms with Gasteiger partial charge in [0.2, 0.25) is 5.91 Å². The smallest absolute Gasteiger partial charge is 0.240 e. The van der Waals surface area contributed by atoms with Gasteiger partial charge in [-0.15, -0.1) is 0 Å². The number of benzene rings is 1. The zero-order valence-electron chi connectivity index (χ0n) is 13.7. The Morgan fingerprint density at radius 2 is 2.09 bits per heavy atom. The summed E-state index contributed by atoms with van der Waals surface area (Å²) in [6, 6.07) is 8.29. The van der Waals surface area contributed by atoms with Crippen molar-refractivity contribution in [2.24, 2.45) is 11.8 Å². The maximum atomic E-state index is 12.5. The number of hydrogen-bond donors (Lipinski definition) is 1. The van der Waals surface area contributed by atoms with Gasteiger partial charge >= 0.3 is 0 Å². The predicted molar refractivity (Wildman–Crippen MR) is 88.6 cm³/mol. The number of nitrogens with zero attached hydrogens (tertiary/aromatic N) is 2. The number of carbonyl (C=O) groups excluding carboxylic acids is 1. The molecule has 0 unspecified atom stereocenters. The maximum Gasteiger partial charge on any atom is 0.240 e. The molecule has 3 atom stereocenters. The minimum absolute atomic E-state index is 0.0946. The molecule has 1 fully saturated rings. The zero-order chi connectivity index (χ0) is 15.7. The van der Waals surface area contributed by atoms with E-state index in [9.17, 15) is 4.79 Å². The lowest BCUT2D eigenvalue weighted by Gasteiger charge is -2.34. The summed E-state index contributed by atoms with van der Waals surface area (Å²) in [6.45, 7) is 6.85. The van der Waals surface area contributed by atoms with Gasteiger partial charge in [0, 0.05) is 6.04 Å². The van der Waals surface area contributed by atoms with Crippen LogP contribution >= 0.6 is 0 Å². The molecular weight excluding hydrogens is 274 g/mol. The third-order valence-electron chi connectivity index (χ3n) is 5.20. The number of carbonyl (C=O) groups is 1. The number of hydrogen-bond acceptors (Lipinski definition) is 2. The maximum absolute atomic E-state index is 12.5. The average Bonchev–Trinajstić information content (AvgIpc) is 2.80. The Hall–Kier alpha value is -1.84. The molecule has 1 heterocycles. The van der Waals surface area contributed by atoms with Gasteiger partial charge in [-0.3, -0.25) is 4.79 Å². The molecule has 2 aromatic rings. The van der Waals surface area contributed by atoms with E-state index in [4.69, 9.17) is 0 Å². The van der Waals surface area contributed by atoms with Crippen molar-refractivity contribution in [1.82, 2.24) is 14.9 Å². The van der Waals surface area contributed by atoms with Crippen LogP contribution in [0.4, 0.5) is 0 Å². The first-order valence-corrected chi connectivity index (χ1v) is 8.27. The minimum atomic E-state index is 0.0946. The first-order valence-electron chi connectivity index (χ1n) is 8.27. The van der Waals surface area contributed by atoms with Crippen molar-refractivity contribution in [3.63, 3.8) is 0 Å². The molecule has 118 valence electrons. The number of fused-ring (bicyclic) bond motifs is 1. The third kappa shape index (κ3) is 2.87. The summed E-state index contributed by atoms with van der Waals surface area (Å²) >= 11 is 0. The van der Waals surface area contributed by atoms with E-state index < -0.39 is 0 Å². The van der Waals surface area contributed by atoms with E-state index in [2.05, 4.69) is 24.1 Å². The molecular formula is C18H25N3O. The number of amides is 1. The second-order valence-corrected chi connectivity index (χ2v) is 6.68. The van der Waals surface area contributed by atoms with Crippen molar-refractivity contribution in [3.8, 4) is 0 Å². The van der Waals surface area contributed by atoms with E-state index in [0.29, 0.717) is 24.4 Å². The highest BCUT2D eigenvalue weighted by molar-refractivity contribution is 5.81. The van der Waals surface area contributed by atoms with Crippen molar-refractivity contribution in [2.45, 2.75) is 52.6 Å². The Morgan fingerprint density at radius 3 is 2.91 bits per heavy atom. The van der Waals surface area contributed by atoms with Gasteiger partial charge in [0.15, 0.2) is 0 Å². The van der Waals surface area contributed by atoms with Crippen molar-refractivity contribution < 1.29 is 4.79 Å². The van der Waals surface area contributed by atoms with Crippen LogP contribution in [0.2, 0.25) is 0 Å². The Kier molecular flexibility index (Phi) is 4.19. The highest BCUT2D eigenvalue weighted by Crippen LogP contribution is 2.29. The van der Waals surface area contributed by atoms with E-state index in [1.165, 1.54) is 12.8 Å². The molecule has 1 aromatic heterocycles. The van der Waals surface area contributed by atoms with E-state index in [1.807, 2.05) is 35.8 Å². The molecule has 0 bridgehead atoms. The van der Waals surface area contributed by atoms with Gasteiger partial charge < -0.3 is 9.88 Å². The summed E-state index contributed by atoms with van der Waals surface area (Å²) in [5, 5.41) is 3.24. The standard InChI is InChI=1S/C18H25N3O/c1-12-7-6-9-15(13(12)2)20-18(22)11-21-14(3)19-16-8-4-5-10-17(16)21/h4-5,8,10,12-13,15H,6-7,9,11H2,1-3H3,(H,20,22)/t12-,13+,15+/m0/s1. The molecule has 0 spiro atoms. The summed E-state index contributed by atoms with van der Waals surface area (Å²) in [4.78, 5) is 17.0. The van der Waals surface area contributed by atoms with Crippen LogP contribution in [-0.4, -0.2) is 21.5 Å². The monoisotopic (exact) mass is 299 g/mol. The fourth-order valence-electron chi connectivity index (χ4n) is 3.58. The van der Waals surface area contributed by atoms with Crippen LogP contribution in [0.15, 0.2) is 24.3 Å². The van der Waals surface area contributed by atoms with Crippen LogP contribution in [0.1, 0.15) is 38.9 Å². The topological polar surface area (TPSA) is 46.9 Å². The lowest BCUT2D eigenvalue weighted by atomic mass is 9.78. The average molecular weight is 299 g/mol. The molecule has 3 rings (SSSR count). The Balaban J connectivity index is 1.72. The summed E-state index contributed by atoms with van der Waals surface area (Å²) in [5.74, 6) is 2.23. The second-order valence-electron chi connectivity index (χ2n) is 6.68. The molecule has 1 aromatic carbocycles. The van der Waals surface area contributed by atoms with Crippen LogP contribution in [0, 0.1) is 18.8 Å². The first-order chi connectivity index (χ1) is 10.6. The Bertz CT molecular complexity index is 676. The first kappa shape index (κ1) is 15.1. The molecule has 22 heavy (non-hydrogen) atoms. The van der Waals surface area contributed by atoms with E-state index in [1.54, 1.807) is 0 Å². The summed E-state index contributed by atoms with van der Waals surface area (Å²) in [6.07, 6.45) is 3.59. The van der Waals surface area contributed by atoms with Gasteiger partial charge in [-0.05, 0) is 37.3 Å². The predicted octanol–water partition coefficient (Wildman–Crippen LogP) is 3.29. The number of imidazole rings is 1. The van der Waals surface area contributed by atoms with Gasteiger partial charge in [0.25, 0.3) is 0 Å². The largest absolute Gasteiger partial charge is 0.352 e. The molecule has 1 amide bonds. The van der Waals surface area contributed by atoms with Crippen LogP contribution in [0.5, 0.6) is 0 Å². The Morgan fingerprint density at radius 1 is 1.32 bits per heavy atom. The van der Waals surface area contributed by atoms with Crippen LogP contribution in [0.25, 0.3) is 11.0 Å². The van der Waals surface area contributed by atoms with Crippen molar-refractivity contribution in [2.75, 3.05) is 0 Å². The van der Waals surface area contributed by atoms with Gasteiger partial charge in [-0.25, -0.2) is 4.98 Å². The molecule has 4 heteroatoms. The molecule has 0 aliphatic heterocycles. The quantitative estimate of drug-likeness (QED) is 0.945. The lowest BCUT2D eigenvalue weighted by Crippen LogP contribution is -2.44. The number of aryl methyl sites for hydroxylation is 1. The Labute approximate surface area is 131 Å². The zero-order valence-corrected chi connectivity index (χ0v) is 13.7. The van der Waals surface area contributed by atoms with E-state index in [0.717, 1.165) is 23.3 Å². The number of nitrogens with one attached hydrogen (secondary N) is 1. The highest BCUT2D eigenvalue weighted by atomic mass is 16.2. The van der Waals surface area contributed by atoms with E-state index >= 15 is 0 Å². The number of rotatable bonds is 3. The highest BCUT2D eigenvalue weighted by Gasteiger charge is 2.28. The molecule has 0 saturated heterocycles. The fourth-order valence-corrected chi connectivity index (χ4v) is 3.58. The van der Waals surface area contributed by atoms with Crippen LogP contribution in [0.3, 0.4) is 0 Å². The SMILES string of the molecule is Cc1nc2ccccc2n1CC(=O)N[C@@H]1CCC[C@H](C)[C@H]1C. The molecule has 0 radical (unpaired) electrons. The molecule has 1 aliphatic carbocycles. The van der Waals surface area contributed by atoms with E-state index in [-0.39, 0.29) is 5.91 Å². The van der Waals surface area contributed by atoms with Gasteiger partial charge in [-0.2, -0.15) is 0 Å². The minimum Gasteiger partial charge on any atom is -0.352 e. The molecule has 1 aliphatic rings. The molecule has 1 saturated carbocycles. The van der Waals surface area contributed by atoms with Crippen LogP contribution in [-0.2, 0) is 11.3 Å².